The molecule has 1 N–H and O–H groups in total. The summed E-state index contributed by atoms with van der Waals surface area (Å²) in [6.45, 7) is 4.26. The Morgan fingerprint density at radius 3 is 2.77 bits per heavy atom. The fraction of sp³-hybridized carbons (Fsp3) is 0.600. The monoisotopic (exact) mass is 179 g/mol. The molecule has 0 aliphatic heterocycles. The minimum absolute atomic E-state index is 0.945. The summed E-state index contributed by atoms with van der Waals surface area (Å²) in [5.74, 6) is 0.945. The Morgan fingerprint density at radius 2 is 2.15 bits per heavy atom. The van der Waals surface area contributed by atoms with Crippen molar-refractivity contribution in [3.63, 3.8) is 0 Å². The van der Waals surface area contributed by atoms with Crippen LogP contribution in [0.4, 0.5) is 5.82 Å². The molecule has 72 valence electrons. The van der Waals surface area contributed by atoms with Gasteiger partial charge in [-0.05, 0) is 19.8 Å². The maximum absolute atomic E-state index is 4.27. The molecule has 0 aliphatic carbocycles. The topological polar surface area (TPSA) is 37.8 Å². The molecule has 1 rings (SSSR count). The van der Waals surface area contributed by atoms with Crippen LogP contribution in [0.15, 0.2) is 6.33 Å². The van der Waals surface area contributed by atoms with Crippen LogP contribution in [0.3, 0.4) is 0 Å². The Morgan fingerprint density at radius 1 is 1.38 bits per heavy atom. The quantitative estimate of drug-likeness (QED) is 0.769. The third-order valence-electron chi connectivity index (χ3n) is 2.19. The van der Waals surface area contributed by atoms with E-state index in [0.717, 1.165) is 12.2 Å². The maximum Gasteiger partial charge on any atom is 0.132 e. The maximum atomic E-state index is 4.27. The van der Waals surface area contributed by atoms with Crippen LogP contribution in [0.2, 0.25) is 0 Å². The van der Waals surface area contributed by atoms with Crippen LogP contribution in [-0.2, 0) is 6.42 Å². The molecule has 0 aliphatic rings. The molecule has 0 amide bonds. The van der Waals surface area contributed by atoms with Crippen LogP contribution in [-0.4, -0.2) is 17.0 Å². The van der Waals surface area contributed by atoms with Gasteiger partial charge in [-0.25, -0.2) is 9.97 Å². The van der Waals surface area contributed by atoms with Crippen molar-refractivity contribution in [2.45, 2.75) is 33.1 Å². The van der Waals surface area contributed by atoms with Crippen LogP contribution in [0, 0.1) is 6.92 Å². The second kappa shape index (κ2) is 4.80. The number of aryl methyl sites for hydroxylation is 1. The molecule has 0 saturated heterocycles. The van der Waals surface area contributed by atoms with Crippen molar-refractivity contribution < 1.29 is 0 Å². The van der Waals surface area contributed by atoms with Gasteiger partial charge < -0.3 is 5.32 Å². The molecule has 0 fully saturated rings. The molecule has 0 spiro atoms. The summed E-state index contributed by atoms with van der Waals surface area (Å²) in [7, 11) is 1.89. The van der Waals surface area contributed by atoms with Crippen molar-refractivity contribution >= 4 is 5.82 Å². The van der Waals surface area contributed by atoms with Gasteiger partial charge in [-0.1, -0.05) is 13.3 Å². The largest absolute Gasteiger partial charge is 0.373 e. The van der Waals surface area contributed by atoms with Gasteiger partial charge in [0.1, 0.15) is 12.1 Å². The lowest BCUT2D eigenvalue weighted by molar-refractivity contribution is 0.768. The van der Waals surface area contributed by atoms with E-state index in [9.17, 15) is 0 Å². The second-order valence-electron chi connectivity index (χ2n) is 3.15. The van der Waals surface area contributed by atoms with Crippen molar-refractivity contribution in [3.8, 4) is 0 Å². The standard InChI is InChI=1S/C10H17N3/c1-4-5-6-9-8(2)10(11-3)13-7-12-9/h7H,4-6H2,1-3H3,(H,11,12,13). The fourth-order valence-corrected chi connectivity index (χ4v) is 1.33. The third-order valence-corrected chi connectivity index (χ3v) is 2.19. The predicted octanol–water partition coefficient (Wildman–Crippen LogP) is 2.17. The summed E-state index contributed by atoms with van der Waals surface area (Å²) < 4.78 is 0. The molecular weight excluding hydrogens is 162 g/mol. The molecule has 3 nitrogen and oxygen atoms in total. The van der Waals surface area contributed by atoms with E-state index in [0.29, 0.717) is 0 Å². The number of aromatic nitrogens is 2. The first-order valence-electron chi connectivity index (χ1n) is 4.77. The van der Waals surface area contributed by atoms with Crippen LogP contribution in [0.5, 0.6) is 0 Å². The number of hydrogen-bond acceptors (Lipinski definition) is 3. The molecule has 1 heterocycles. The number of rotatable bonds is 4. The third kappa shape index (κ3) is 2.41. The summed E-state index contributed by atoms with van der Waals surface area (Å²) >= 11 is 0. The highest BCUT2D eigenvalue weighted by atomic mass is 15.0. The first-order valence-corrected chi connectivity index (χ1v) is 4.77. The average molecular weight is 179 g/mol. The Kier molecular flexibility index (Phi) is 3.68. The van der Waals surface area contributed by atoms with Crippen molar-refractivity contribution in [3.05, 3.63) is 17.6 Å². The molecule has 0 saturated carbocycles. The van der Waals surface area contributed by atoms with Crippen molar-refractivity contribution in [1.82, 2.24) is 9.97 Å². The summed E-state index contributed by atoms with van der Waals surface area (Å²) in [5, 5.41) is 3.06. The highest BCUT2D eigenvalue weighted by Gasteiger charge is 2.03. The highest BCUT2D eigenvalue weighted by molar-refractivity contribution is 5.44. The fourth-order valence-electron chi connectivity index (χ4n) is 1.33. The van der Waals surface area contributed by atoms with E-state index in [1.807, 2.05) is 7.05 Å². The molecule has 13 heavy (non-hydrogen) atoms. The van der Waals surface area contributed by atoms with E-state index in [1.165, 1.54) is 24.1 Å². The van der Waals surface area contributed by atoms with E-state index >= 15 is 0 Å². The van der Waals surface area contributed by atoms with Gasteiger partial charge in [0.2, 0.25) is 0 Å². The Bertz CT molecular complexity index is 271. The molecule has 1 aromatic rings. The van der Waals surface area contributed by atoms with Gasteiger partial charge in [-0.15, -0.1) is 0 Å². The van der Waals surface area contributed by atoms with Gasteiger partial charge in [-0.3, -0.25) is 0 Å². The molecule has 1 aromatic heterocycles. The normalized spacial score (nSPS) is 10.1. The first-order chi connectivity index (χ1) is 6.29. The minimum atomic E-state index is 0.945. The van der Waals surface area contributed by atoms with Crippen LogP contribution >= 0.6 is 0 Å². The lowest BCUT2D eigenvalue weighted by atomic mass is 10.1. The summed E-state index contributed by atoms with van der Waals surface area (Å²) in [5.41, 5.74) is 2.35. The molecular formula is C10H17N3. The van der Waals surface area contributed by atoms with E-state index in [4.69, 9.17) is 0 Å². The zero-order chi connectivity index (χ0) is 9.68. The van der Waals surface area contributed by atoms with E-state index in [2.05, 4.69) is 29.1 Å². The summed E-state index contributed by atoms with van der Waals surface area (Å²) in [6.07, 6.45) is 5.09. The van der Waals surface area contributed by atoms with Crippen molar-refractivity contribution in [2.24, 2.45) is 0 Å². The number of hydrogen-bond donors (Lipinski definition) is 1. The Balaban J connectivity index is 2.81. The van der Waals surface area contributed by atoms with E-state index in [1.54, 1.807) is 6.33 Å². The van der Waals surface area contributed by atoms with Crippen LogP contribution in [0.25, 0.3) is 0 Å². The predicted molar refractivity (Wildman–Crippen MR) is 54.9 cm³/mol. The Hall–Kier alpha value is -1.12. The van der Waals surface area contributed by atoms with Gasteiger partial charge in [-0.2, -0.15) is 0 Å². The second-order valence-corrected chi connectivity index (χ2v) is 3.15. The molecule has 0 bridgehead atoms. The van der Waals surface area contributed by atoms with E-state index < -0.39 is 0 Å². The number of nitrogens with zero attached hydrogens (tertiary/aromatic N) is 2. The number of unbranched alkanes of at least 4 members (excludes halogenated alkanes) is 1. The molecule has 0 aromatic carbocycles. The molecule has 0 radical (unpaired) electrons. The highest BCUT2D eigenvalue weighted by Crippen LogP contribution is 2.14. The molecule has 3 heteroatoms. The molecule has 0 unspecified atom stereocenters. The average Bonchev–Trinajstić information content (AvgIpc) is 2.16. The van der Waals surface area contributed by atoms with Crippen molar-refractivity contribution in [2.75, 3.05) is 12.4 Å². The zero-order valence-corrected chi connectivity index (χ0v) is 8.59. The van der Waals surface area contributed by atoms with Crippen LogP contribution < -0.4 is 5.32 Å². The van der Waals surface area contributed by atoms with Gasteiger partial charge in [0.05, 0.1) is 0 Å². The lowest BCUT2D eigenvalue weighted by Gasteiger charge is -2.07. The first kappa shape index (κ1) is 9.96. The van der Waals surface area contributed by atoms with Gasteiger partial charge >= 0.3 is 0 Å². The van der Waals surface area contributed by atoms with Gasteiger partial charge in [0, 0.05) is 18.3 Å². The molecule has 0 atom stereocenters. The zero-order valence-electron chi connectivity index (χ0n) is 8.59. The number of nitrogens with one attached hydrogen (secondary N) is 1. The lowest BCUT2D eigenvalue weighted by Crippen LogP contribution is -2.02. The van der Waals surface area contributed by atoms with Gasteiger partial charge in [0.25, 0.3) is 0 Å². The van der Waals surface area contributed by atoms with Crippen molar-refractivity contribution in [1.29, 1.82) is 0 Å². The smallest absolute Gasteiger partial charge is 0.132 e. The summed E-state index contributed by atoms with van der Waals surface area (Å²) in [6, 6.07) is 0. The minimum Gasteiger partial charge on any atom is -0.373 e. The Labute approximate surface area is 79.6 Å². The number of anilines is 1. The van der Waals surface area contributed by atoms with Gasteiger partial charge in [0.15, 0.2) is 0 Å². The summed E-state index contributed by atoms with van der Waals surface area (Å²) in [4.78, 5) is 8.42. The SMILES string of the molecule is CCCCc1ncnc(NC)c1C. The van der Waals surface area contributed by atoms with E-state index in [-0.39, 0.29) is 0 Å². The van der Waals surface area contributed by atoms with Crippen LogP contribution in [0.1, 0.15) is 31.0 Å².